The van der Waals surface area contributed by atoms with E-state index in [9.17, 15) is 9.90 Å². The topological polar surface area (TPSA) is 95.2 Å². The van der Waals surface area contributed by atoms with Gasteiger partial charge in [-0.05, 0) is 30.5 Å². The highest BCUT2D eigenvalue weighted by atomic mass is 16.3. The zero-order valence-corrected chi connectivity index (χ0v) is 11.3. The Hall–Kier alpha value is -2.08. The van der Waals surface area contributed by atoms with Crippen LogP contribution in [0.4, 0.5) is 5.69 Å². The standard InChI is InChI=1S/C14H18N4O2/c1-8-7-18(5-4-12(8)19)14(20)13-10-6-9(15)2-3-11(10)16-17-13/h2-3,6,8,12,19H,4-5,7,15H2,1H3,(H,16,17). The van der Waals surface area contributed by atoms with Crippen molar-refractivity contribution in [3.63, 3.8) is 0 Å². The van der Waals surface area contributed by atoms with Crippen molar-refractivity contribution in [3.8, 4) is 0 Å². The number of fused-ring (bicyclic) bond motifs is 1. The number of aliphatic hydroxyl groups is 1. The molecule has 2 aromatic rings. The van der Waals surface area contributed by atoms with Crippen LogP contribution in [0.1, 0.15) is 23.8 Å². The van der Waals surface area contributed by atoms with Crippen LogP contribution in [0, 0.1) is 5.92 Å². The molecule has 6 nitrogen and oxygen atoms in total. The summed E-state index contributed by atoms with van der Waals surface area (Å²) in [6.07, 6.45) is 0.280. The van der Waals surface area contributed by atoms with E-state index in [2.05, 4.69) is 10.2 Å². The first-order valence-electron chi connectivity index (χ1n) is 6.77. The number of hydrogen-bond acceptors (Lipinski definition) is 4. The molecular weight excluding hydrogens is 256 g/mol. The molecule has 20 heavy (non-hydrogen) atoms. The van der Waals surface area contributed by atoms with Crippen LogP contribution in [0.25, 0.3) is 10.9 Å². The Balaban J connectivity index is 1.91. The largest absolute Gasteiger partial charge is 0.399 e. The van der Waals surface area contributed by atoms with Gasteiger partial charge in [0.1, 0.15) is 0 Å². The molecule has 1 saturated heterocycles. The number of H-pyrrole nitrogens is 1. The number of nitrogens with two attached hydrogens (primary N) is 1. The van der Waals surface area contributed by atoms with Gasteiger partial charge in [-0.15, -0.1) is 0 Å². The fourth-order valence-electron chi connectivity index (χ4n) is 2.66. The number of aromatic nitrogens is 2. The summed E-state index contributed by atoms with van der Waals surface area (Å²) < 4.78 is 0. The number of carbonyl (C=O) groups is 1. The molecule has 0 saturated carbocycles. The number of rotatable bonds is 1. The van der Waals surface area contributed by atoms with Gasteiger partial charge in [0.15, 0.2) is 5.69 Å². The third kappa shape index (κ3) is 2.12. The lowest BCUT2D eigenvalue weighted by Crippen LogP contribution is -2.45. The van der Waals surface area contributed by atoms with E-state index < -0.39 is 0 Å². The van der Waals surface area contributed by atoms with Crippen molar-refractivity contribution < 1.29 is 9.90 Å². The minimum Gasteiger partial charge on any atom is -0.399 e. The Morgan fingerprint density at radius 1 is 1.55 bits per heavy atom. The van der Waals surface area contributed by atoms with Gasteiger partial charge in [0.2, 0.25) is 0 Å². The Labute approximate surface area is 116 Å². The fraction of sp³-hybridized carbons (Fsp3) is 0.429. The number of carbonyl (C=O) groups excluding carboxylic acids is 1. The van der Waals surface area contributed by atoms with Gasteiger partial charge in [0.05, 0.1) is 11.6 Å². The van der Waals surface area contributed by atoms with Gasteiger partial charge < -0.3 is 15.7 Å². The summed E-state index contributed by atoms with van der Waals surface area (Å²) in [5, 5.41) is 17.5. The van der Waals surface area contributed by atoms with Gasteiger partial charge in [-0.25, -0.2) is 0 Å². The number of nitrogen functional groups attached to an aromatic ring is 1. The molecule has 1 aliphatic heterocycles. The molecule has 0 radical (unpaired) electrons. The maximum absolute atomic E-state index is 12.6. The van der Waals surface area contributed by atoms with Gasteiger partial charge in [0, 0.05) is 24.2 Å². The summed E-state index contributed by atoms with van der Waals surface area (Å²) in [5.41, 5.74) is 7.58. The summed E-state index contributed by atoms with van der Waals surface area (Å²) in [6, 6.07) is 5.35. The molecule has 4 N–H and O–H groups in total. The van der Waals surface area contributed by atoms with Crippen LogP contribution in [0.3, 0.4) is 0 Å². The number of piperidine rings is 1. The number of benzene rings is 1. The first kappa shape index (κ1) is 12.9. The molecule has 2 atom stereocenters. The summed E-state index contributed by atoms with van der Waals surface area (Å²) in [6.45, 7) is 3.06. The Morgan fingerprint density at radius 2 is 2.35 bits per heavy atom. The predicted octanol–water partition coefficient (Wildman–Crippen LogP) is 0.988. The first-order valence-corrected chi connectivity index (χ1v) is 6.77. The van der Waals surface area contributed by atoms with E-state index in [1.54, 1.807) is 17.0 Å². The monoisotopic (exact) mass is 274 g/mol. The molecule has 0 bridgehead atoms. The van der Waals surface area contributed by atoms with E-state index in [4.69, 9.17) is 5.73 Å². The SMILES string of the molecule is CC1CN(C(=O)c2n[nH]c3ccc(N)cc23)CCC1O. The number of amides is 1. The minimum absolute atomic E-state index is 0.0861. The summed E-state index contributed by atoms with van der Waals surface area (Å²) in [7, 11) is 0. The zero-order chi connectivity index (χ0) is 14.3. The lowest BCUT2D eigenvalue weighted by molar-refractivity contribution is 0.0295. The number of likely N-dealkylation sites (tertiary alicyclic amines) is 1. The van der Waals surface area contributed by atoms with E-state index in [1.807, 2.05) is 13.0 Å². The molecule has 1 aromatic carbocycles. The van der Waals surface area contributed by atoms with Crippen molar-refractivity contribution in [2.24, 2.45) is 5.92 Å². The van der Waals surface area contributed by atoms with Crippen molar-refractivity contribution in [1.29, 1.82) is 0 Å². The van der Waals surface area contributed by atoms with Gasteiger partial charge >= 0.3 is 0 Å². The number of hydrogen-bond donors (Lipinski definition) is 3. The lowest BCUT2D eigenvalue weighted by Gasteiger charge is -2.34. The van der Waals surface area contributed by atoms with Gasteiger partial charge in [0.25, 0.3) is 5.91 Å². The summed E-state index contributed by atoms with van der Waals surface area (Å²) >= 11 is 0. The number of aliphatic hydroxyl groups excluding tert-OH is 1. The van der Waals surface area contributed by atoms with Crippen LogP contribution in [-0.4, -0.2) is 45.3 Å². The third-order valence-electron chi connectivity index (χ3n) is 3.94. The second kappa shape index (κ2) is 4.79. The molecule has 0 aliphatic carbocycles. The maximum atomic E-state index is 12.6. The summed E-state index contributed by atoms with van der Waals surface area (Å²) in [5.74, 6) is -0.0245. The quantitative estimate of drug-likeness (QED) is 0.676. The van der Waals surface area contributed by atoms with Crippen molar-refractivity contribution in [2.45, 2.75) is 19.4 Å². The second-order valence-electron chi connectivity index (χ2n) is 5.46. The molecule has 2 unspecified atom stereocenters. The van der Waals surface area contributed by atoms with Crippen molar-refractivity contribution in [2.75, 3.05) is 18.8 Å². The van der Waals surface area contributed by atoms with Crippen molar-refractivity contribution in [1.82, 2.24) is 15.1 Å². The fourth-order valence-corrected chi connectivity index (χ4v) is 2.66. The third-order valence-corrected chi connectivity index (χ3v) is 3.94. The number of nitrogens with zero attached hydrogens (tertiary/aromatic N) is 2. The van der Waals surface area contributed by atoms with Crippen LogP contribution in [0.5, 0.6) is 0 Å². The van der Waals surface area contributed by atoms with Crippen molar-refractivity contribution in [3.05, 3.63) is 23.9 Å². The van der Waals surface area contributed by atoms with Crippen LogP contribution in [0.2, 0.25) is 0 Å². The minimum atomic E-state index is -0.328. The van der Waals surface area contributed by atoms with Crippen LogP contribution in [-0.2, 0) is 0 Å². The molecular formula is C14H18N4O2. The highest BCUT2D eigenvalue weighted by Gasteiger charge is 2.29. The smallest absolute Gasteiger partial charge is 0.275 e. The Bertz CT molecular complexity index is 652. The van der Waals surface area contributed by atoms with E-state index >= 15 is 0 Å². The summed E-state index contributed by atoms with van der Waals surface area (Å²) in [4.78, 5) is 14.3. The van der Waals surface area contributed by atoms with Gasteiger partial charge in [-0.2, -0.15) is 5.10 Å². The number of nitrogens with one attached hydrogen (secondary N) is 1. The zero-order valence-electron chi connectivity index (χ0n) is 11.3. The van der Waals surface area contributed by atoms with E-state index in [-0.39, 0.29) is 17.9 Å². The maximum Gasteiger partial charge on any atom is 0.275 e. The van der Waals surface area contributed by atoms with Crippen LogP contribution >= 0.6 is 0 Å². The molecule has 6 heteroatoms. The molecule has 0 spiro atoms. The Morgan fingerprint density at radius 3 is 3.10 bits per heavy atom. The van der Waals surface area contributed by atoms with E-state index in [0.29, 0.717) is 30.9 Å². The lowest BCUT2D eigenvalue weighted by atomic mass is 9.96. The second-order valence-corrected chi connectivity index (χ2v) is 5.46. The number of aromatic amines is 1. The van der Waals surface area contributed by atoms with Crippen molar-refractivity contribution >= 4 is 22.5 Å². The van der Waals surface area contributed by atoms with Gasteiger partial charge in [-0.3, -0.25) is 9.89 Å². The molecule has 2 heterocycles. The molecule has 106 valence electrons. The normalized spacial score (nSPS) is 23.2. The van der Waals surface area contributed by atoms with Gasteiger partial charge in [-0.1, -0.05) is 6.92 Å². The van der Waals surface area contributed by atoms with Crippen LogP contribution in [0.15, 0.2) is 18.2 Å². The first-order chi connectivity index (χ1) is 9.56. The molecule has 1 aromatic heterocycles. The highest BCUT2D eigenvalue weighted by Crippen LogP contribution is 2.23. The molecule has 1 aliphatic rings. The molecule has 3 rings (SSSR count). The van der Waals surface area contributed by atoms with E-state index in [0.717, 1.165) is 10.9 Å². The van der Waals surface area contributed by atoms with Crippen LogP contribution < -0.4 is 5.73 Å². The average molecular weight is 274 g/mol. The van der Waals surface area contributed by atoms with E-state index in [1.165, 1.54) is 0 Å². The average Bonchev–Trinajstić information content (AvgIpc) is 2.84. The predicted molar refractivity (Wildman–Crippen MR) is 76.2 cm³/mol. The highest BCUT2D eigenvalue weighted by molar-refractivity contribution is 6.05. The molecule has 1 fully saturated rings. The molecule has 1 amide bonds. The number of anilines is 1. The Kier molecular flexibility index (Phi) is 3.10.